The van der Waals surface area contributed by atoms with Crippen molar-refractivity contribution in [1.29, 1.82) is 0 Å². The van der Waals surface area contributed by atoms with E-state index in [1.807, 2.05) is 0 Å². The summed E-state index contributed by atoms with van der Waals surface area (Å²) in [6.45, 7) is 0.446. The van der Waals surface area contributed by atoms with Crippen LogP contribution >= 0.6 is 0 Å². The van der Waals surface area contributed by atoms with E-state index in [2.05, 4.69) is 0 Å². The predicted octanol–water partition coefficient (Wildman–Crippen LogP) is 2.32. The second-order valence-electron chi connectivity index (χ2n) is 5.41. The van der Waals surface area contributed by atoms with Crippen LogP contribution in [0.1, 0.15) is 18.5 Å². The van der Waals surface area contributed by atoms with Crippen LogP contribution in [0.25, 0.3) is 10.9 Å². The number of benzene rings is 1. The van der Waals surface area contributed by atoms with Crippen molar-refractivity contribution in [3.05, 3.63) is 45.8 Å². The first-order valence-electron chi connectivity index (χ1n) is 6.69. The Labute approximate surface area is 118 Å². The highest BCUT2D eigenvalue weighted by Gasteiger charge is 2.25. The number of carboxylic acid groups (broad SMARTS) is 1. The van der Waals surface area contributed by atoms with Crippen molar-refractivity contribution in [2.75, 3.05) is 0 Å². The zero-order valence-electron chi connectivity index (χ0n) is 11.1. The van der Waals surface area contributed by atoms with E-state index in [9.17, 15) is 18.4 Å². The monoisotopic (exact) mass is 293 g/mol. The number of pyridine rings is 1. The van der Waals surface area contributed by atoms with E-state index in [1.54, 1.807) is 0 Å². The molecule has 4 nitrogen and oxygen atoms in total. The third-order valence-corrected chi connectivity index (χ3v) is 3.68. The Morgan fingerprint density at radius 3 is 2.62 bits per heavy atom. The Morgan fingerprint density at radius 2 is 2.00 bits per heavy atom. The lowest BCUT2D eigenvalue weighted by atomic mass is 10.1. The smallest absolute Gasteiger partial charge is 0.309 e. The Morgan fingerprint density at radius 1 is 1.29 bits per heavy atom. The van der Waals surface area contributed by atoms with Crippen molar-refractivity contribution in [3.63, 3.8) is 0 Å². The number of rotatable bonds is 4. The van der Waals surface area contributed by atoms with Gasteiger partial charge in [0.1, 0.15) is 5.82 Å². The Balaban J connectivity index is 2.30. The molecule has 2 aromatic rings. The van der Waals surface area contributed by atoms with Crippen LogP contribution in [-0.2, 0) is 17.8 Å². The highest BCUT2D eigenvalue weighted by Crippen LogP contribution is 2.32. The molecule has 0 radical (unpaired) electrons. The maximum absolute atomic E-state index is 14.1. The van der Waals surface area contributed by atoms with Crippen molar-refractivity contribution < 1.29 is 18.7 Å². The summed E-state index contributed by atoms with van der Waals surface area (Å²) >= 11 is 0. The zero-order chi connectivity index (χ0) is 15.1. The highest BCUT2D eigenvalue weighted by atomic mass is 19.1. The van der Waals surface area contributed by atoms with E-state index in [4.69, 9.17) is 5.11 Å². The minimum atomic E-state index is -1.10. The summed E-state index contributed by atoms with van der Waals surface area (Å²) in [5.41, 5.74) is -0.323. The molecule has 0 atom stereocenters. The highest BCUT2D eigenvalue weighted by molar-refractivity contribution is 5.81. The Hall–Kier alpha value is -2.24. The number of carbonyl (C=O) groups is 1. The first-order chi connectivity index (χ1) is 9.95. The Bertz CT molecular complexity index is 794. The average molecular weight is 293 g/mol. The summed E-state index contributed by atoms with van der Waals surface area (Å²) in [5, 5.41) is 8.89. The molecule has 0 bridgehead atoms. The van der Waals surface area contributed by atoms with Gasteiger partial charge >= 0.3 is 5.97 Å². The fourth-order valence-electron chi connectivity index (χ4n) is 2.55. The predicted molar refractivity (Wildman–Crippen MR) is 72.2 cm³/mol. The number of carboxylic acids is 1. The van der Waals surface area contributed by atoms with Gasteiger partial charge < -0.3 is 9.67 Å². The van der Waals surface area contributed by atoms with Crippen LogP contribution < -0.4 is 5.43 Å². The molecular formula is C15H13F2NO3. The van der Waals surface area contributed by atoms with Crippen molar-refractivity contribution >= 4 is 16.9 Å². The van der Waals surface area contributed by atoms with Crippen LogP contribution in [0, 0.1) is 17.6 Å². The molecule has 1 aromatic heterocycles. The van der Waals surface area contributed by atoms with Crippen LogP contribution in [-0.4, -0.2) is 15.6 Å². The van der Waals surface area contributed by atoms with E-state index in [1.165, 1.54) is 4.57 Å². The number of hydrogen-bond acceptors (Lipinski definition) is 2. The minimum absolute atomic E-state index is 0.00736. The lowest BCUT2D eigenvalue weighted by Crippen LogP contribution is -2.19. The first-order valence-corrected chi connectivity index (χ1v) is 6.69. The molecule has 0 spiro atoms. The van der Waals surface area contributed by atoms with E-state index in [0.29, 0.717) is 12.5 Å². The molecule has 1 aliphatic carbocycles. The first kappa shape index (κ1) is 13.7. The van der Waals surface area contributed by atoms with Crippen molar-refractivity contribution in [1.82, 2.24) is 4.57 Å². The third-order valence-electron chi connectivity index (χ3n) is 3.68. The fourth-order valence-corrected chi connectivity index (χ4v) is 2.55. The van der Waals surface area contributed by atoms with Gasteiger partial charge in [-0.1, -0.05) is 0 Å². The molecule has 0 amide bonds. The third kappa shape index (κ3) is 2.66. The van der Waals surface area contributed by atoms with Gasteiger partial charge in [0.25, 0.3) is 0 Å². The summed E-state index contributed by atoms with van der Waals surface area (Å²) in [4.78, 5) is 22.9. The number of fused-ring (bicyclic) bond motifs is 1. The van der Waals surface area contributed by atoms with Gasteiger partial charge in [-0.25, -0.2) is 8.78 Å². The molecule has 0 aliphatic heterocycles. The second-order valence-corrected chi connectivity index (χ2v) is 5.41. The number of hydrogen-bond donors (Lipinski definition) is 1. The molecule has 3 rings (SSSR count). The van der Waals surface area contributed by atoms with Gasteiger partial charge in [-0.3, -0.25) is 9.59 Å². The van der Waals surface area contributed by atoms with Gasteiger partial charge in [0.05, 0.1) is 17.3 Å². The normalized spacial score (nSPS) is 14.6. The molecule has 1 saturated carbocycles. The van der Waals surface area contributed by atoms with E-state index in [-0.39, 0.29) is 23.0 Å². The number of aliphatic carboxylic acids is 1. The van der Waals surface area contributed by atoms with E-state index in [0.717, 1.165) is 31.0 Å². The summed E-state index contributed by atoms with van der Waals surface area (Å²) in [6.07, 6.45) is 1.61. The summed E-state index contributed by atoms with van der Waals surface area (Å²) in [7, 11) is 0. The topological polar surface area (TPSA) is 59.3 Å². The van der Waals surface area contributed by atoms with Gasteiger partial charge in [0.2, 0.25) is 0 Å². The SMILES string of the molecule is O=C(O)Cc1cc(=O)c2cc(F)cc(F)c2n1CC1CC1. The molecular weight excluding hydrogens is 280 g/mol. The molecule has 1 aromatic carbocycles. The lowest BCUT2D eigenvalue weighted by molar-refractivity contribution is -0.136. The largest absolute Gasteiger partial charge is 0.481 e. The van der Waals surface area contributed by atoms with Gasteiger partial charge in [-0.2, -0.15) is 0 Å². The van der Waals surface area contributed by atoms with Crippen LogP contribution in [0.2, 0.25) is 0 Å². The average Bonchev–Trinajstić information content (AvgIpc) is 3.17. The molecule has 21 heavy (non-hydrogen) atoms. The van der Waals surface area contributed by atoms with Crippen molar-refractivity contribution in [2.24, 2.45) is 5.92 Å². The molecule has 1 N–H and O–H groups in total. The van der Waals surface area contributed by atoms with Crippen molar-refractivity contribution in [2.45, 2.75) is 25.8 Å². The molecule has 110 valence electrons. The van der Waals surface area contributed by atoms with Crippen LogP contribution in [0.15, 0.2) is 23.0 Å². The lowest BCUT2D eigenvalue weighted by Gasteiger charge is -2.16. The summed E-state index contributed by atoms with van der Waals surface area (Å²) in [5.74, 6) is -2.40. The van der Waals surface area contributed by atoms with Crippen LogP contribution in [0.5, 0.6) is 0 Å². The van der Waals surface area contributed by atoms with Crippen molar-refractivity contribution in [3.8, 4) is 0 Å². The zero-order valence-corrected chi connectivity index (χ0v) is 11.1. The summed E-state index contributed by atoms with van der Waals surface area (Å²) < 4.78 is 29.0. The maximum atomic E-state index is 14.1. The fraction of sp³-hybridized carbons (Fsp3) is 0.333. The standard InChI is InChI=1S/C15H13F2NO3/c16-9-3-11-13(19)5-10(6-14(20)21)18(7-8-1-2-8)15(11)12(17)4-9/h3-5,8H,1-2,6-7H2,(H,20,21). The maximum Gasteiger partial charge on any atom is 0.309 e. The van der Waals surface area contributed by atoms with Gasteiger partial charge in [-0.15, -0.1) is 0 Å². The minimum Gasteiger partial charge on any atom is -0.481 e. The molecule has 6 heteroatoms. The second kappa shape index (κ2) is 4.95. The number of nitrogens with zero attached hydrogens (tertiary/aromatic N) is 1. The summed E-state index contributed by atoms with van der Waals surface area (Å²) in [6, 6.07) is 2.88. The quantitative estimate of drug-likeness (QED) is 0.941. The van der Waals surface area contributed by atoms with E-state index >= 15 is 0 Å². The van der Waals surface area contributed by atoms with Crippen LogP contribution in [0.4, 0.5) is 8.78 Å². The molecule has 0 unspecified atom stereocenters. The Kier molecular flexibility index (Phi) is 3.23. The number of halogens is 2. The molecule has 0 saturated heterocycles. The van der Waals surface area contributed by atoms with Gasteiger partial charge in [0.15, 0.2) is 11.2 Å². The molecule has 1 aliphatic rings. The molecule has 1 fully saturated rings. The van der Waals surface area contributed by atoms with Gasteiger partial charge in [0, 0.05) is 24.4 Å². The molecule has 1 heterocycles. The van der Waals surface area contributed by atoms with E-state index < -0.39 is 23.0 Å². The van der Waals surface area contributed by atoms with Gasteiger partial charge in [-0.05, 0) is 24.8 Å². The van der Waals surface area contributed by atoms with Crippen LogP contribution in [0.3, 0.4) is 0 Å². The number of aromatic nitrogens is 1.